The molecule has 0 amide bonds. The van der Waals surface area contributed by atoms with E-state index >= 15 is 0 Å². The van der Waals surface area contributed by atoms with Crippen molar-refractivity contribution in [1.29, 1.82) is 0 Å². The van der Waals surface area contributed by atoms with Crippen LogP contribution in [-0.4, -0.2) is 4.98 Å². The van der Waals surface area contributed by atoms with Crippen LogP contribution in [0.15, 0.2) is 179 Å². The molecule has 0 unspecified atom stereocenters. The normalized spacial score (nSPS) is 11.8. The van der Waals surface area contributed by atoms with Gasteiger partial charge in [-0.05, 0) is 94.7 Å². The predicted molar refractivity (Wildman–Crippen MR) is 217 cm³/mol. The molecule has 11 aromatic rings. The summed E-state index contributed by atoms with van der Waals surface area (Å²) in [6, 6.07) is 59.8. The second-order valence-corrected chi connectivity index (χ2v) is 14.2. The van der Waals surface area contributed by atoms with Crippen LogP contribution in [0.5, 0.6) is 0 Å². The van der Waals surface area contributed by atoms with Crippen LogP contribution in [0.3, 0.4) is 0 Å². The molecule has 0 atom stereocenters. The highest BCUT2D eigenvalue weighted by Gasteiger charge is 2.23. The summed E-state index contributed by atoms with van der Waals surface area (Å²) in [5.74, 6) is 0.579. The van der Waals surface area contributed by atoms with E-state index in [1.54, 1.807) is 0 Å². The Kier molecular flexibility index (Phi) is 6.39. The molecule has 5 heteroatoms. The molecule has 3 aromatic heterocycles. The number of benzene rings is 8. The highest BCUT2D eigenvalue weighted by molar-refractivity contribution is 7.25. The van der Waals surface area contributed by atoms with Crippen LogP contribution in [0.2, 0.25) is 0 Å². The first kappa shape index (κ1) is 29.1. The average Bonchev–Trinajstić information content (AvgIpc) is 3.92. The van der Waals surface area contributed by atoms with Gasteiger partial charge in [-0.1, -0.05) is 97.1 Å². The monoisotopic (exact) mass is 684 g/mol. The van der Waals surface area contributed by atoms with E-state index in [1.165, 1.54) is 42.1 Å². The number of rotatable bonds is 5. The smallest absolute Gasteiger partial charge is 0.228 e. The lowest BCUT2D eigenvalue weighted by molar-refractivity contribution is 0.620. The van der Waals surface area contributed by atoms with Crippen molar-refractivity contribution >= 4 is 92.4 Å². The highest BCUT2D eigenvalue weighted by Crippen LogP contribution is 2.46. The van der Waals surface area contributed by atoms with Gasteiger partial charge in [0.15, 0.2) is 11.2 Å². The average molecular weight is 685 g/mol. The summed E-state index contributed by atoms with van der Waals surface area (Å²) in [6.45, 7) is 0. The Morgan fingerprint density at radius 1 is 0.481 bits per heavy atom. The van der Waals surface area contributed by atoms with Crippen LogP contribution < -0.4 is 4.90 Å². The molecule has 3 heterocycles. The third-order valence-corrected chi connectivity index (χ3v) is 11.2. The number of hydrogen-bond donors (Lipinski definition) is 0. The summed E-state index contributed by atoms with van der Waals surface area (Å²) in [7, 11) is 0. The van der Waals surface area contributed by atoms with Crippen molar-refractivity contribution in [2.75, 3.05) is 4.90 Å². The number of furan rings is 1. The first-order chi connectivity index (χ1) is 25.7. The Morgan fingerprint density at radius 3 is 2.17 bits per heavy atom. The first-order valence-corrected chi connectivity index (χ1v) is 18.2. The van der Waals surface area contributed by atoms with Gasteiger partial charge < -0.3 is 13.7 Å². The zero-order valence-electron chi connectivity index (χ0n) is 27.8. The van der Waals surface area contributed by atoms with Crippen molar-refractivity contribution in [3.05, 3.63) is 170 Å². The summed E-state index contributed by atoms with van der Waals surface area (Å²) in [5.41, 5.74) is 9.52. The fraction of sp³-hybridized carbons (Fsp3) is 0. The number of aromatic nitrogens is 1. The van der Waals surface area contributed by atoms with Crippen LogP contribution in [0.4, 0.5) is 17.1 Å². The molecule has 0 aliphatic carbocycles. The largest absolute Gasteiger partial charge is 0.454 e. The number of oxazole rings is 1. The summed E-state index contributed by atoms with van der Waals surface area (Å²) >= 11 is 1.83. The quantitative estimate of drug-likeness (QED) is 0.181. The summed E-state index contributed by atoms with van der Waals surface area (Å²) in [6.07, 6.45) is 0. The fourth-order valence-electron chi connectivity index (χ4n) is 7.64. The molecule has 0 fully saturated rings. The number of thiophene rings is 1. The van der Waals surface area contributed by atoms with E-state index in [9.17, 15) is 0 Å². The number of fused-ring (bicyclic) bond motifs is 8. The topological polar surface area (TPSA) is 42.4 Å². The lowest BCUT2D eigenvalue weighted by Gasteiger charge is -2.26. The van der Waals surface area contributed by atoms with Crippen molar-refractivity contribution < 1.29 is 8.83 Å². The van der Waals surface area contributed by atoms with Crippen molar-refractivity contribution in [2.45, 2.75) is 0 Å². The van der Waals surface area contributed by atoms with Gasteiger partial charge in [0.25, 0.3) is 0 Å². The number of nitrogens with zero attached hydrogens (tertiary/aromatic N) is 2. The molecular weight excluding hydrogens is 657 g/mol. The van der Waals surface area contributed by atoms with Crippen LogP contribution in [-0.2, 0) is 0 Å². The van der Waals surface area contributed by atoms with E-state index in [1.807, 2.05) is 47.7 Å². The van der Waals surface area contributed by atoms with Crippen molar-refractivity contribution in [2.24, 2.45) is 0 Å². The molecule has 0 saturated carbocycles. The van der Waals surface area contributed by atoms with E-state index in [2.05, 4.69) is 138 Å². The van der Waals surface area contributed by atoms with E-state index in [-0.39, 0.29) is 0 Å². The summed E-state index contributed by atoms with van der Waals surface area (Å²) in [4.78, 5) is 7.20. The van der Waals surface area contributed by atoms with Gasteiger partial charge in [0.2, 0.25) is 5.89 Å². The molecule has 0 saturated heterocycles. The van der Waals surface area contributed by atoms with Gasteiger partial charge >= 0.3 is 0 Å². The predicted octanol–water partition coefficient (Wildman–Crippen LogP) is 14.1. The van der Waals surface area contributed by atoms with Gasteiger partial charge in [0.05, 0.1) is 5.69 Å². The number of para-hydroxylation sites is 3. The first-order valence-electron chi connectivity index (χ1n) is 17.4. The molecule has 0 aliphatic rings. The van der Waals surface area contributed by atoms with Crippen molar-refractivity contribution in [3.63, 3.8) is 0 Å². The zero-order chi connectivity index (χ0) is 34.2. The molecular formula is C47H28N2O2S. The third-order valence-electron chi connectivity index (χ3n) is 10.1. The maximum Gasteiger partial charge on any atom is 0.228 e. The Balaban J connectivity index is 1.16. The minimum atomic E-state index is 0.579. The Morgan fingerprint density at radius 2 is 1.23 bits per heavy atom. The highest BCUT2D eigenvalue weighted by atomic mass is 32.1. The van der Waals surface area contributed by atoms with E-state index in [4.69, 9.17) is 13.8 Å². The van der Waals surface area contributed by atoms with Gasteiger partial charge in [-0.3, -0.25) is 0 Å². The molecule has 0 N–H and O–H groups in total. The van der Waals surface area contributed by atoms with Gasteiger partial charge in [-0.2, -0.15) is 0 Å². The van der Waals surface area contributed by atoms with E-state index < -0.39 is 0 Å². The Labute approximate surface area is 302 Å². The molecule has 0 radical (unpaired) electrons. The van der Waals surface area contributed by atoms with Gasteiger partial charge in [-0.15, -0.1) is 11.3 Å². The minimum Gasteiger partial charge on any atom is -0.454 e. The van der Waals surface area contributed by atoms with Crippen molar-refractivity contribution in [1.82, 2.24) is 4.98 Å². The molecule has 0 spiro atoms. The molecule has 52 heavy (non-hydrogen) atoms. The lowest BCUT2D eigenvalue weighted by atomic mass is 10.0. The van der Waals surface area contributed by atoms with Gasteiger partial charge in [-0.25, -0.2) is 4.98 Å². The van der Waals surface area contributed by atoms with Crippen LogP contribution in [0.1, 0.15) is 0 Å². The van der Waals surface area contributed by atoms with Crippen molar-refractivity contribution in [3.8, 4) is 22.6 Å². The maximum atomic E-state index is 6.84. The molecule has 11 rings (SSSR count). The standard InChI is InChI=1S/C47H28N2O2S/c1-2-10-29(11-3-1)31-21-20-30-22-23-33(27-32(30)26-31)49(34-24-25-44-38(28-34)35-12-4-7-19-43(35)52-44)40-16-8-13-36-45-37(14-9-18-42(45)50-46(36)40)47-48-39-15-5-6-17-41(39)51-47/h1-28H. The van der Waals surface area contributed by atoms with Crippen LogP contribution >= 0.6 is 11.3 Å². The molecule has 0 aliphatic heterocycles. The Bertz CT molecular complexity index is 3120. The second-order valence-electron chi connectivity index (χ2n) is 13.1. The van der Waals surface area contributed by atoms with E-state index in [0.29, 0.717) is 5.89 Å². The van der Waals surface area contributed by atoms with E-state index in [0.717, 1.165) is 55.7 Å². The van der Waals surface area contributed by atoms with Crippen LogP contribution in [0.25, 0.3) is 86.6 Å². The molecule has 8 aromatic carbocycles. The zero-order valence-corrected chi connectivity index (χ0v) is 28.6. The molecule has 0 bridgehead atoms. The number of hydrogen-bond acceptors (Lipinski definition) is 5. The maximum absolute atomic E-state index is 6.84. The van der Waals surface area contributed by atoms with Gasteiger partial charge in [0, 0.05) is 47.9 Å². The fourth-order valence-corrected chi connectivity index (χ4v) is 8.72. The molecule has 244 valence electrons. The summed E-state index contributed by atoms with van der Waals surface area (Å²) < 4.78 is 15.7. The Hall–Kier alpha value is -6.69. The minimum absolute atomic E-state index is 0.579. The second kappa shape index (κ2) is 11.4. The lowest BCUT2D eigenvalue weighted by Crippen LogP contribution is -2.10. The van der Waals surface area contributed by atoms with Crippen LogP contribution in [0, 0.1) is 0 Å². The number of anilines is 3. The summed E-state index contributed by atoms with van der Waals surface area (Å²) in [5, 5.41) is 6.85. The SMILES string of the molecule is c1ccc(-c2ccc3ccc(N(c4ccc5sc6ccccc6c5c4)c4cccc5c4oc4cccc(-c6nc7ccccc7o6)c45)cc3c2)cc1. The third kappa shape index (κ3) is 4.57. The van der Waals surface area contributed by atoms with Gasteiger partial charge in [0.1, 0.15) is 11.1 Å². The molecule has 4 nitrogen and oxygen atoms in total.